The van der Waals surface area contributed by atoms with Gasteiger partial charge in [-0.3, -0.25) is 9.52 Å². The molecule has 0 amide bonds. The number of hydrogen-bond donors (Lipinski definition) is 1. The van der Waals surface area contributed by atoms with E-state index in [0.29, 0.717) is 12.1 Å². The van der Waals surface area contributed by atoms with Crippen LogP contribution in [0.5, 0.6) is 0 Å². The van der Waals surface area contributed by atoms with Crippen LogP contribution >= 0.6 is 0 Å². The summed E-state index contributed by atoms with van der Waals surface area (Å²) in [5.41, 5.74) is -2.73. The standard InChI is InChI=1S/C13H10F4N2O3S/c1-19-6-2-3-11(12(19)20)18-23(21,22)8-4-5-10(14)9(7-8)13(15,16)17/h2-7,18H,1H3. The molecular formula is C13H10F4N2O3S. The van der Waals surface area contributed by atoms with Gasteiger partial charge in [-0.15, -0.1) is 0 Å². The number of benzene rings is 1. The minimum Gasteiger partial charge on any atom is -0.317 e. The fourth-order valence-electron chi connectivity index (χ4n) is 1.77. The summed E-state index contributed by atoms with van der Waals surface area (Å²) >= 11 is 0. The van der Waals surface area contributed by atoms with E-state index in [1.807, 2.05) is 4.72 Å². The molecule has 0 aliphatic rings. The number of alkyl halides is 3. The predicted molar refractivity (Wildman–Crippen MR) is 73.9 cm³/mol. The van der Waals surface area contributed by atoms with Crippen molar-refractivity contribution in [3.63, 3.8) is 0 Å². The normalized spacial score (nSPS) is 12.2. The number of pyridine rings is 1. The third-order valence-corrected chi connectivity index (χ3v) is 4.28. The molecule has 2 rings (SSSR count). The van der Waals surface area contributed by atoms with Crippen LogP contribution in [0.3, 0.4) is 0 Å². The van der Waals surface area contributed by atoms with Crippen molar-refractivity contribution in [2.24, 2.45) is 7.05 Å². The minimum atomic E-state index is -5.04. The minimum absolute atomic E-state index is 0.172. The summed E-state index contributed by atoms with van der Waals surface area (Å²) in [4.78, 5) is 10.9. The highest BCUT2D eigenvalue weighted by atomic mass is 32.2. The van der Waals surface area contributed by atoms with Gasteiger partial charge in [0.15, 0.2) is 0 Å². The van der Waals surface area contributed by atoms with E-state index in [0.717, 1.165) is 10.6 Å². The Balaban J connectivity index is 2.49. The van der Waals surface area contributed by atoms with E-state index in [-0.39, 0.29) is 11.8 Å². The SMILES string of the molecule is Cn1cccc(NS(=O)(=O)c2ccc(F)c(C(F)(F)F)c2)c1=O. The highest BCUT2D eigenvalue weighted by Gasteiger charge is 2.35. The van der Waals surface area contributed by atoms with E-state index < -0.39 is 38.0 Å². The van der Waals surface area contributed by atoms with E-state index in [1.165, 1.54) is 19.3 Å². The number of anilines is 1. The fraction of sp³-hybridized carbons (Fsp3) is 0.154. The largest absolute Gasteiger partial charge is 0.419 e. The molecule has 23 heavy (non-hydrogen) atoms. The van der Waals surface area contributed by atoms with Crippen LogP contribution in [0, 0.1) is 5.82 Å². The van der Waals surface area contributed by atoms with Crippen LogP contribution in [0.4, 0.5) is 23.2 Å². The molecule has 1 aromatic carbocycles. The van der Waals surface area contributed by atoms with Gasteiger partial charge in [-0.05, 0) is 30.3 Å². The Morgan fingerprint density at radius 2 is 1.83 bits per heavy atom. The van der Waals surface area contributed by atoms with Gasteiger partial charge in [0.2, 0.25) is 0 Å². The van der Waals surface area contributed by atoms with Gasteiger partial charge in [0, 0.05) is 13.2 Å². The summed E-state index contributed by atoms with van der Waals surface area (Å²) in [5.74, 6) is -1.59. The molecule has 0 atom stereocenters. The van der Waals surface area contributed by atoms with Crippen LogP contribution in [0.2, 0.25) is 0 Å². The maximum atomic E-state index is 13.2. The molecule has 5 nitrogen and oxygen atoms in total. The number of aromatic nitrogens is 1. The van der Waals surface area contributed by atoms with E-state index in [4.69, 9.17) is 0 Å². The first-order valence-electron chi connectivity index (χ1n) is 6.07. The Hall–Kier alpha value is -2.36. The van der Waals surface area contributed by atoms with Crippen molar-refractivity contribution in [1.29, 1.82) is 0 Å². The topological polar surface area (TPSA) is 68.2 Å². The van der Waals surface area contributed by atoms with Gasteiger partial charge in [0.25, 0.3) is 15.6 Å². The lowest BCUT2D eigenvalue weighted by Gasteiger charge is -2.12. The van der Waals surface area contributed by atoms with Crippen molar-refractivity contribution in [2.45, 2.75) is 11.1 Å². The Morgan fingerprint density at radius 3 is 2.43 bits per heavy atom. The van der Waals surface area contributed by atoms with Gasteiger partial charge in [0.05, 0.1) is 10.5 Å². The molecular weight excluding hydrogens is 340 g/mol. The van der Waals surface area contributed by atoms with Crippen molar-refractivity contribution >= 4 is 15.7 Å². The lowest BCUT2D eigenvalue weighted by atomic mass is 10.2. The van der Waals surface area contributed by atoms with Gasteiger partial charge in [0.1, 0.15) is 11.5 Å². The van der Waals surface area contributed by atoms with Crippen LogP contribution in [-0.2, 0) is 23.2 Å². The maximum Gasteiger partial charge on any atom is 0.419 e. The predicted octanol–water partition coefficient (Wildman–Crippen LogP) is 2.34. The maximum absolute atomic E-state index is 13.2. The van der Waals surface area contributed by atoms with Crippen LogP contribution in [0.15, 0.2) is 46.2 Å². The summed E-state index contributed by atoms with van der Waals surface area (Å²) in [6, 6.07) is 3.80. The molecule has 0 unspecified atom stereocenters. The monoisotopic (exact) mass is 350 g/mol. The molecule has 1 N–H and O–H groups in total. The summed E-state index contributed by atoms with van der Waals surface area (Å²) < 4.78 is 78.4. The van der Waals surface area contributed by atoms with Gasteiger partial charge < -0.3 is 4.57 Å². The molecule has 2 aromatic rings. The van der Waals surface area contributed by atoms with Crippen LogP contribution in [-0.4, -0.2) is 13.0 Å². The average Bonchev–Trinajstić information content (AvgIpc) is 2.42. The van der Waals surface area contributed by atoms with Crippen LogP contribution in [0.25, 0.3) is 0 Å². The molecule has 10 heteroatoms. The molecule has 0 saturated heterocycles. The quantitative estimate of drug-likeness (QED) is 0.864. The number of rotatable bonds is 3. The van der Waals surface area contributed by atoms with Gasteiger partial charge in [-0.2, -0.15) is 13.2 Å². The zero-order chi connectivity index (χ0) is 17.4. The van der Waals surface area contributed by atoms with Crippen molar-refractivity contribution < 1.29 is 26.0 Å². The molecule has 0 spiro atoms. The second-order valence-electron chi connectivity index (χ2n) is 4.58. The Bertz CT molecular complexity index is 904. The second kappa shape index (κ2) is 5.69. The van der Waals surface area contributed by atoms with Crippen LogP contribution < -0.4 is 10.3 Å². The zero-order valence-corrected chi connectivity index (χ0v) is 12.4. The van der Waals surface area contributed by atoms with E-state index in [2.05, 4.69) is 0 Å². The first-order chi connectivity index (χ1) is 10.5. The van der Waals surface area contributed by atoms with Crippen molar-refractivity contribution in [2.75, 3.05) is 4.72 Å². The molecule has 1 aromatic heterocycles. The molecule has 0 fully saturated rings. The average molecular weight is 350 g/mol. The van der Waals surface area contributed by atoms with E-state index in [9.17, 15) is 30.8 Å². The lowest BCUT2D eigenvalue weighted by Crippen LogP contribution is -2.24. The number of halogens is 4. The van der Waals surface area contributed by atoms with Gasteiger partial charge in [-0.25, -0.2) is 12.8 Å². The number of hydrogen-bond acceptors (Lipinski definition) is 3. The van der Waals surface area contributed by atoms with Crippen molar-refractivity contribution in [1.82, 2.24) is 4.57 Å². The van der Waals surface area contributed by atoms with Crippen molar-refractivity contribution in [3.05, 3.63) is 58.3 Å². The summed E-state index contributed by atoms with van der Waals surface area (Å²) in [6.45, 7) is 0. The Kier molecular flexibility index (Phi) is 4.20. The first-order valence-corrected chi connectivity index (χ1v) is 7.56. The van der Waals surface area contributed by atoms with E-state index in [1.54, 1.807) is 0 Å². The highest BCUT2D eigenvalue weighted by molar-refractivity contribution is 7.92. The van der Waals surface area contributed by atoms with Crippen LogP contribution in [0.1, 0.15) is 5.56 Å². The summed E-state index contributed by atoms with van der Waals surface area (Å²) in [5, 5.41) is 0. The smallest absolute Gasteiger partial charge is 0.317 e. The molecule has 124 valence electrons. The van der Waals surface area contributed by atoms with E-state index >= 15 is 0 Å². The number of nitrogens with one attached hydrogen (secondary N) is 1. The van der Waals surface area contributed by atoms with Gasteiger partial charge >= 0.3 is 6.18 Å². The van der Waals surface area contributed by atoms with Gasteiger partial charge in [-0.1, -0.05) is 0 Å². The van der Waals surface area contributed by atoms with Crippen molar-refractivity contribution in [3.8, 4) is 0 Å². The molecule has 0 radical (unpaired) electrons. The first kappa shape index (κ1) is 17.0. The number of sulfonamides is 1. The molecule has 0 aliphatic heterocycles. The lowest BCUT2D eigenvalue weighted by molar-refractivity contribution is -0.140. The third kappa shape index (κ3) is 3.52. The summed E-state index contributed by atoms with van der Waals surface area (Å²) in [7, 11) is -3.11. The molecule has 1 heterocycles. The summed E-state index contributed by atoms with van der Waals surface area (Å²) in [6.07, 6.45) is -3.67. The number of aryl methyl sites for hydroxylation is 1. The molecule has 0 bridgehead atoms. The highest BCUT2D eigenvalue weighted by Crippen LogP contribution is 2.33. The molecule has 0 saturated carbocycles. The third-order valence-electron chi connectivity index (χ3n) is 2.92. The number of nitrogens with zero attached hydrogens (tertiary/aromatic N) is 1. The Labute approximate surface area is 128 Å². The Morgan fingerprint density at radius 1 is 1.17 bits per heavy atom. The molecule has 0 aliphatic carbocycles. The fourth-order valence-corrected chi connectivity index (χ4v) is 2.85. The zero-order valence-electron chi connectivity index (χ0n) is 11.6. The second-order valence-corrected chi connectivity index (χ2v) is 6.27.